The highest BCUT2D eigenvalue weighted by Gasteiger charge is 2.15. The zero-order chi connectivity index (χ0) is 18.2. The van der Waals surface area contributed by atoms with E-state index >= 15 is 0 Å². The maximum absolute atomic E-state index is 5.44. The summed E-state index contributed by atoms with van der Waals surface area (Å²) in [5.74, 6) is 3.17. The average molecular weight is 361 g/mol. The molecule has 2 N–H and O–H groups in total. The van der Waals surface area contributed by atoms with Crippen molar-refractivity contribution < 1.29 is 9.47 Å². The van der Waals surface area contributed by atoms with Gasteiger partial charge in [0, 0.05) is 26.2 Å². The number of benzene rings is 1. The van der Waals surface area contributed by atoms with Gasteiger partial charge in [-0.25, -0.2) is 0 Å². The van der Waals surface area contributed by atoms with Gasteiger partial charge in [0.2, 0.25) is 6.79 Å². The molecule has 26 heavy (non-hydrogen) atoms. The summed E-state index contributed by atoms with van der Waals surface area (Å²) in [5, 5.41) is 6.78. The van der Waals surface area contributed by atoms with Crippen LogP contribution in [0, 0.1) is 5.92 Å². The topological polar surface area (TPSA) is 58.1 Å². The van der Waals surface area contributed by atoms with E-state index in [1.165, 1.54) is 31.5 Å². The molecule has 1 saturated heterocycles. The van der Waals surface area contributed by atoms with Gasteiger partial charge in [-0.05, 0) is 62.9 Å². The zero-order valence-corrected chi connectivity index (χ0v) is 16.1. The number of ether oxygens (including phenoxy) is 2. The number of rotatable bonds is 8. The van der Waals surface area contributed by atoms with E-state index in [2.05, 4.69) is 41.5 Å². The summed E-state index contributed by atoms with van der Waals surface area (Å²) in [5.41, 5.74) is 1.24. The minimum Gasteiger partial charge on any atom is -0.454 e. The molecule has 0 bridgehead atoms. The van der Waals surface area contributed by atoms with Gasteiger partial charge >= 0.3 is 0 Å². The van der Waals surface area contributed by atoms with Crippen LogP contribution in [0.3, 0.4) is 0 Å². The van der Waals surface area contributed by atoms with Crippen LogP contribution in [0.5, 0.6) is 11.5 Å². The van der Waals surface area contributed by atoms with Gasteiger partial charge in [0.1, 0.15) is 0 Å². The molecule has 2 heterocycles. The minimum atomic E-state index is 0.323. The molecule has 0 saturated carbocycles. The molecule has 1 aromatic rings. The van der Waals surface area contributed by atoms with Crippen LogP contribution < -0.4 is 20.1 Å². The van der Waals surface area contributed by atoms with Crippen LogP contribution in [0.1, 0.15) is 32.3 Å². The number of hydrogen-bond donors (Lipinski definition) is 2. The lowest BCUT2D eigenvalue weighted by molar-refractivity contribution is 0.174. The summed E-state index contributed by atoms with van der Waals surface area (Å²) in [4.78, 5) is 7.32. The van der Waals surface area contributed by atoms with Crippen LogP contribution in [0.2, 0.25) is 0 Å². The summed E-state index contributed by atoms with van der Waals surface area (Å²) in [6.07, 6.45) is 3.62. The highest BCUT2D eigenvalue weighted by Crippen LogP contribution is 2.32. The van der Waals surface area contributed by atoms with Crippen LogP contribution in [-0.2, 0) is 6.42 Å². The Morgan fingerprint density at radius 3 is 2.81 bits per heavy atom. The standard InChI is InChI=1S/C20H32N4O2/c1-3-21-20(23-13-16(2)14-24-10-4-5-11-24)22-9-8-17-6-7-18-19(12-17)26-15-25-18/h6-7,12,16H,3-5,8-11,13-15H2,1-2H3,(H2,21,22,23). The molecule has 2 aliphatic rings. The van der Waals surface area contributed by atoms with Gasteiger partial charge in [0.25, 0.3) is 0 Å². The maximum atomic E-state index is 5.44. The summed E-state index contributed by atoms with van der Waals surface area (Å²) < 4.78 is 10.8. The Hall–Kier alpha value is -1.95. The number of fused-ring (bicyclic) bond motifs is 1. The van der Waals surface area contributed by atoms with Crippen LogP contribution in [-0.4, -0.2) is 56.9 Å². The second kappa shape index (κ2) is 9.67. The Morgan fingerprint density at radius 1 is 1.19 bits per heavy atom. The van der Waals surface area contributed by atoms with E-state index in [-0.39, 0.29) is 0 Å². The van der Waals surface area contributed by atoms with Crippen molar-refractivity contribution in [2.24, 2.45) is 10.9 Å². The largest absolute Gasteiger partial charge is 0.454 e. The van der Waals surface area contributed by atoms with Crippen LogP contribution in [0.4, 0.5) is 0 Å². The van der Waals surface area contributed by atoms with Crippen molar-refractivity contribution in [3.05, 3.63) is 23.8 Å². The molecule has 0 amide bonds. The Kier molecular flexibility index (Phi) is 7.00. The average Bonchev–Trinajstić information content (AvgIpc) is 3.30. The molecule has 6 nitrogen and oxygen atoms in total. The first-order chi connectivity index (χ1) is 12.7. The Balaban J connectivity index is 1.43. The third-order valence-electron chi connectivity index (χ3n) is 4.82. The van der Waals surface area contributed by atoms with Gasteiger partial charge in [-0.1, -0.05) is 13.0 Å². The van der Waals surface area contributed by atoms with Crippen LogP contribution in [0.15, 0.2) is 23.2 Å². The zero-order valence-electron chi connectivity index (χ0n) is 16.1. The molecule has 2 aliphatic heterocycles. The third-order valence-corrected chi connectivity index (χ3v) is 4.82. The van der Waals surface area contributed by atoms with Crippen molar-refractivity contribution >= 4 is 5.96 Å². The summed E-state index contributed by atoms with van der Waals surface area (Å²) >= 11 is 0. The van der Waals surface area contributed by atoms with E-state index < -0.39 is 0 Å². The molecule has 3 rings (SSSR count). The molecule has 0 radical (unpaired) electrons. The van der Waals surface area contributed by atoms with E-state index in [9.17, 15) is 0 Å². The lowest BCUT2D eigenvalue weighted by Gasteiger charge is -2.19. The Bertz CT molecular complexity index is 599. The Labute approximate surface area is 157 Å². The predicted octanol–water partition coefficient (Wildman–Crippen LogP) is 2.24. The van der Waals surface area contributed by atoms with E-state index in [0.29, 0.717) is 12.7 Å². The van der Waals surface area contributed by atoms with Gasteiger partial charge in [-0.3, -0.25) is 4.99 Å². The van der Waals surface area contributed by atoms with Crippen LogP contribution >= 0.6 is 0 Å². The molecular formula is C20H32N4O2. The van der Waals surface area contributed by atoms with Crippen molar-refractivity contribution in [3.8, 4) is 11.5 Å². The number of likely N-dealkylation sites (tertiary alicyclic amines) is 1. The smallest absolute Gasteiger partial charge is 0.231 e. The fourth-order valence-corrected chi connectivity index (χ4v) is 3.47. The van der Waals surface area contributed by atoms with Crippen molar-refractivity contribution in [1.82, 2.24) is 15.5 Å². The molecule has 1 aromatic carbocycles. The lowest BCUT2D eigenvalue weighted by atomic mass is 10.1. The number of guanidine groups is 1. The number of nitrogens with one attached hydrogen (secondary N) is 2. The van der Waals surface area contributed by atoms with Gasteiger partial charge in [-0.2, -0.15) is 0 Å². The maximum Gasteiger partial charge on any atom is 0.231 e. The van der Waals surface area contributed by atoms with E-state index in [1.54, 1.807) is 0 Å². The quantitative estimate of drug-likeness (QED) is 0.550. The summed E-state index contributed by atoms with van der Waals surface area (Å²) in [6.45, 7) is 10.9. The molecule has 1 unspecified atom stereocenters. The van der Waals surface area contributed by atoms with E-state index in [4.69, 9.17) is 14.5 Å². The molecule has 6 heteroatoms. The predicted molar refractivity (Wildman–Crippen MR) is 105 cm³/mol. The van der Waals surface area contributed by atoms with Gasteiger partial charge in [0.05, 0.1) is 0 Å². The fraction of sp³-hybridized carbons (Fsp3) is 0.650. The molecular weight excluding hydrogens is 328 g/mol. The Morgan fingerprint density at radius 2 is 2.00 bits per heavy atom. The lowest BCUT2D eigenvalue weighted by Crippen LogP contribution is -2.39. The monoisotopic (exact) mass is 360 g/mol. The first-order valence-corrected chi connectivity index (χ1v) is 9.87. The molecule has 0 aromatic heterocycles. The third kappa shape index (κ3) is 5.53. The normalized spacial score (nSPS) is 18.2. The number of hydrogen-bond acceptors (Lipinski definition) is 4. The SMILES string of the molecule is CCNC(=NCC(C)CN1CCCC1)NCCc1ccc2c(c1)OCO2. The van der Waals surface area contributed by atoms with Gasteiger partial charge in [-0.15, -0.1) is 0 Å². The van der Waals surface area contributed by atoms with Crippen molar-refractivity contribution in [2.45, 2.75) is 33.1 Å². The second-order valence-corrected chi connectivity index (χ2v) is 7.20. The minimum absolute atomic E-state index is 0.323. The number of nitrogens with zero attached hydrogens (tertiary/aromatic N) is 2. The highest BCUT2D eigenvalue weighted by atomic mass is 16.7. The molecule has 0 spiro atoms. The van der Waals surface area contributed by atoms with Crippen LogP contribution in [0.25, 0.3) is 0 Å². The first kappa shape index (κ1) is 18.8. The second-order valence-electron chi connectivity index (χ2n) is 7.20. The molecule has 1 atom stereocenters. The van der Waals surface area contributed by atoms with Gasteiger partial charge < -0.3 is 25.0 Å². The van der Waals surface area contributed by atoms with Crippen molar-refractivity contribution in [1.29, 1.82) is 0 Å². The fourth-order valence-electron chi connectivity index (χ4n) is 3.47. The van der Waals surface area contributed by atoms with Crippen molar-refractivity contribution in [2.75, 3.05) is 46.1 Å². The van der Waals surface area contributed by atoms with Crippen molar-refractivity contribution in [3.63, 3.8) is 0 Å². The number of aliphatic imine (C=N–C) groups is 1. The van der Waals surface area contributed by atoms with Gasteiger partial charge in [0.15, 0.2) is 17.5 Å². The first-order valence-electron chi connectivity index (χ1n) is 9.87. The molecule has 1 fully saturated rings. The molecule has 0 aliphatic carbocycles. The van der Waals surface area contributed by atoms with E-state index in [0.717, 1.165) is 50.1 Å². The summed E-state index contributed by atoms with van der Waals surface area (Å²) in [7, 11) is 0. The summed E-state index contributed by atoms with van der Waals surface area (Å²) in [6, 6.07) is 6.14. The van der Waals surface area contributed by atoms with E-state index in [1.807, 2.05) is 6.07 Å². The molecule has 144 valence electrons. The highest BCUT2D eigenvalue weighted by molar-refractivity contribution is 5.79.